The van der Waals surface area contributed by atoms with Gasteiger partial charge in [0.2, 0.25) is 0 Å². The maximum atomic E-state index is 14.7. The Balaban J connectivity index is 1.61. The third kappa shape index (κ3) is 5.22. The second kappa shape index (κ2) is 11.2. The van der Waals surface area contributed by atoms with E-state index in [0.717, 1.165) is 92.9 Å². The summed E-state index contributed by atoms with van der Waals surface area (Å²) in [6.45, 7) is 7.66. The number of methoxy groups -OCH3 is 2. The van der Waals surface area contributed by atoms with Crippen LogP contribution in [0.2, 0.25) is 0 Å². The van der Waals surface area contributed by atoms with E-state index in [1.54, 1.807) is 37.4 Å². The summed E-state index contributed by atoms with van der Waals surface area (Å²) in [5, 5.41) is 6.75. The average molecular weight is 581 g/mol. The number of hydrazone groups is 1. The van der Waals surface area contributed by atoms with Crippen molar-refractivity contribution >= 4 is 17.1 Å². The first-order chi connectivity index (χ1) is 20.2. The number of hydrogen-bond acceptors (Lipinski definition) is 6. The summed E-state index contributed by atoms with van der Waals surface area (Å²) in [4.78, 5) is 4.53. The largest absolute Gasteiger partial charge is 0.497 e. The van der Waals surface area contributed by atoms with Crippen LogP contribution in [-0.2, 0) is 6.18 Å². The molecule has 2 aromatic carbocycles. The highest BCUT2D eigenvalue weighted by Crippen LogP contribution is 2.48. The predicted octanol–water partition coefficient (Wildman–Crippen LogP) is 7.60. The SMILES string of the molecule is COc1cc(OC)cc(C2=NN(c3cc(N4CCCC4)ccc3C(F)(F)F)C(=C3CCC3)C3=C2CCN3CC(C)C)c1. The number of anilines is 2. The minimum Gasteiger partial charge on any atom is -0.497 e. The topological polar surface area (TPSA) is 40.5 Å². The Morgan fingerprint density at radius 3 is 2.12 bits per heavy atom. The standard InChI is InChI=1S/C33H39F3N4O2/c1-21(2)20-39-15-12-27-30(23-16-25(41-3)19-26(17-23)42-4)37-40(31(32(27)39)22-8-7-9-22)29-18-24(38-13-5-6-14-38)10-11-28(29)33(34,35)36/h10-11,16-19,21H,5-9,12-15,20H2,1-4H3. The van der Waals surface area contributed by atoms with Crippen LogP contribution in [0, 0.1) is 5.92 Å². The van der Waals surface area contributed by atoms with Crippen molar-refractivity contribution in [2.24, 2.45) is 11.0 Å². The van der Waals surface area contributed by atoms with Gasteiger partial charge in [-0.05, 0) is 80.3 Å². The van der Waals surface area contributed by atoms with E-state index in [9.17, 15) is 13.2 Å². The Kier molecular flexibility index (Phi) is 7.62. The molecule has 9 heteroatoms. The molecule has 1 aliphatic carbocycles. The van der Waals surface area contributed by atoms with Gasteiger partial charge in [0.1, 0.15) is 11.5 Å². The number of alkyl halides is 3. The first-order valence-corrected chi connectivity index (χ1v) is 15.0. The van der Waals surface area contributed by atoms with E-state index in [1.807, 2.05) is 12.1 Å². The molecule has 6 rings (SSSR count). The molecular formula is C33H39F3N4O2. The van der Waals surface area contributed by atoms with Crippen LogP contribution in [0.15, 0.2) is 64.0 Å². The molecule has 6 nitrogen and oxygen atoms in total. The van der Waals surface area contributed by atoms with Crippen LogP contribution < -0.4 is 19.4 Å². The fraction of sp³-hybridized carbons (Fsp3) is 0.485. The third-order valence-corrected chi connectivity index (χ3v) is 8.64. The van der Waals surface area contributed by atoms with Gasteiger partial charge in [0.15, 0.2) is 0 Å². The van der Waals surface area contributed by atoms with Crippen LogP contribution in [0.3, 0.4) is 0 Å². The van der Waals surface area contributed by atoms with Gasteiger partial charge >= 0.3 is 6.18 Å². The fourth-order valence-electron chi connectivity index (χ4n) is 6.49. The first kappa shape index (κ1) is 28.5. The van der Waals surface area contributed by atoms with Gasteiger partial charge < -0.3 is 19.3 Å². The minimum atomic E-state index is -4.54. The van der Waals surface area contributed by atoms with Gasteiger partial charge in [-0.2, -0.15) is 18.3 Å². The normalized spacial score (nSPS) is 19.0. The number of nitrogens with zero attached hydrogens (tertiary/aromatic N) is 4. The number of ether oxygens (including phenoxy) is 2. The molecule has 2 aromatic rings. The molecule has 224 valence electrons. The lowest BCUT2D eigenvalue weighted by Crippen LogP contribution is -2.36. The van der Waals surface area contributed by atoms with E-state index in [-0.39, 0.29) is 5.69 Å². The van der Waals surface area contributed by atoms with Crippen molar-refractivity contribution in [3.8, 4) is 11.5 Å². The van der Waals surface area contributed by atoms with Gasteiger partial charge in [-0.1, -0.05) is 13.8 Å². The van der Waals surface area contributed by atoms with Crippen LogP contribution in [-0.4, -0.2) is 51.0 Å². The summed E-state index contributed by atoms with van der Waals surface area (Å²) in [6, 6.07) is 10.1. The zero-order valence-electron chi connectivity index (χ0n) is 24.9. The molecular weight excluding hydrogens is 541 g/mol. The molecule has 1 saturated heterocycles. The molecule has 0 spiro atoms. The zero-order valence-corrected chi connectivity index (χ0v) is 24.9. The summed E-state index contributed by atoms with van der Waals surface area (Å²) in [7, 11) is 3.19. The first-order valence-electron chi connectivity index (χ1n) is 15.0. The molecule has 0 bridgehead atoms. The van der Waals surface area contributed by atoms with Crippen LogP contribution >= 0.6 is 0 Å². The Morgan fingerprint density at radius 2 is 1.55 bits per heavy atom. The molecule has 2 fully saturated rings. The second-order valence-electron chi connectivity index (χ2n) is 12.0. The van der Waals surface area contributed by atoms with Crippen LogP contribution in [0.25, 0.3) is 0 Å². The molecule has 0 N–H and O–H groups in total. The number of hydrogen-bond donors (Lipinski definition) is 0. The molecule has 3 aliphatic heterocycles. The summed E-state index contributed by atoms with van der Waals surface area (Å²) < 4.78 is 55.3. The zero-order chi connectivity index (χ0) is 29.6. The van der Waals surface area contributed by atoms with Gasteiger partial charge in [-0.3, -0.25) is 0 Å². The van der Waals surface area contributed by atoms with E-state index < -0.39 is 11.7 Å². The number of halogens is 3. The van der Waals surface area contributed by atoms with Crippen molar-refractivity contribution in [1.29, 1.82) is 0 Å². The molecule has 1 saturated carbocycles. The second-order valence-corrected chi connectivity index (χ2v) is 12.0. The highest BCUT2D eigenvalue weighted by atomic mass is 19.4. The minimum absolute atomic E-state index is 0.0802. The highest BCUT2D eigenvalue weighted by Gasteiger charge is 2.42. The lowest BCUT2D eigenvalue weighted by molar-refractivity contribution is -0.137. The van der Waals surface area contributed by atoms with E-state index in [4.69, 9.17) is 14.6 Å². The molecule has 4 aliphatic rings. The van der Waals surface area contributed by atoms with Gasteiger partial charge in [-0.15, -0.1) is 0 Å². The summed E-state index contributed by atoms with van der Waals surface area (Å²) in [5.74, 6) is 1.60. The van der Waals surface area contributed by atoms with Crippen molar-refractivity contribution in [1.82, 2.24) is 4.90 Å². The Morgan fingerprint density at radius 1 is 0.857 bits per heavy atom. The van der Waals surface area contributed by atoms with Crippen LogP contribution in [0.4, 0.5) is 24.5 Å². The Labute approximate surface area is 246 Å². The fourth-order valence-corrected chi connectivity index (χ4v) is 6.49. The molecule has 0 aromatic heterocycles. The van der Waals surface area contributed by atoms with Gasteiger partial charge in [-0.25, -0.2) is 5.01 Å². The maximum absolute atomic E-state index is 14.7. The lowest BCUT2D eigenvalue weighted by atomic mass is 9.86. The van der Waals surface area contributed by atoms with E-state index in [1.165, 1.54) is 11.6 Å². The third-order valence-electron chi connectivity index (χ3n) is 8.64. The monoisotopic (exact) mass is 580 g/mol. The summed E-state index contributed by atoms with van der Waals surface area (Å²) in [6.07, 6.45) is 1.07. The van der Waals surface area contributed by atoms with Gasteiger partial charge in [0, 0.05) is 49.1 Å². The maximum Gasteiger partial charge on any atom is 0.418 e. The number of rotatable bonds is 7. The van der Waals surface area contributed by atoms with Crippen molar-refractivity contribution in [3.05, 3.63) is 70.1 Å². The Hall–Kier alpha value is -3.62. The molecule has 0 radical (unpaired) electrons. The Bertz CT molecular complexity index is 1430. The number of benzene rings is 2. The van der Waals surface area contributed by atoms with Crippen molar-refractivity contribution in [2.45, 2.75) is 58.5 Å². The van der Waals surface area contributed by atoms with Crippen molar-refractivity contribution in [3.63, 3.8) is 0 Å². The summed E-state index contributed by atoms with van der Waals surface area (Å²) >= 11 is 0. The molecule has 3 heterocycles. The average Bonchev–Trinajstić information content (AvgIpc) is 3.62. The van der Waals surface area contributed by atoms with E-state index in [2.05, 4.69) is 23.6 Å². The number of allylic oxidation sites excluding steroid dienone is 1. The predicted molar refractivity (Wildman–Crippen MR) is 160 cm³/mol. The molecule has 0 amide bonds. The van der Waals surface area contributed by atoms with Crippen molar-refractivity contribution < 1.29 is 22.6 Å². The highest BCUT2D eigenvalue weighted by molar-refractivity contribution is 6.15. The van der Waals surface area contributed by atoms with E-state index in [0.29, 0.717) is 23.1 Å². The lowest BCUT2D eigenvalue weighted by Gasteiger charge is -2.38. The molecule has 0 atom stereocenters. The van der Waals surface area contributed by atoms with Gasteiger partial charge in [0.05, 0.1) is 42.6 Å². The molecule has 42 heavy (non-hydrogen) atoms. The summed E-state index contributed by atoms with van der Waals surface area (Å²) in [5.41, 5.74) is 5.72. The van der Waals surface area contributed by atoms with Crippen molar-refractivity contribution in [2.75, 3.05) is 50.3 Å². The van der Waals surface area contributed by atoms with Crippen LogP contribution in [0.5, 0.6) is 11.5 Å². The molecule has 0 unspecified atom stereocenters. The van der Waals surface area contributed by atoms with Gasteiger partial charge in [0.25, 0.3) is 0 Å². The smallest absolute Gasteiger partial charge is 0.418 e. The van der Waals surface area contributed by atoms with Crippen LogP contribution in [0.1, 0.15) is 63.5 Å². The quantitative estimate of drug-likeness (QED) is 0.337. The van der Waals surface area contributed by atoms with E-state index >= 15 is 0 Å².